The Hall–Kier alpha value is -1.51. The lowest BCUT2D eigenvalue weighted by atomic mass is 10.0. The lowest BCUT2D eigenvalue weighted by molar-refractivity contribution is -0.117. The Morgan fingerprint density at radius 2 is 1.24 bits per heavy atom. The minimum Gasteiger partial charge on any atom is -0.508 e. The standard InChI is InChI=1S/C22H36O3/c1-19(23)14-12-10-8-6-4-2-3-5-7-9-11-13-15-20-18-21(24)16-17-22(20)25/h16-18,24-25H,2-15H2,1H3. The monoisotopic (exact) mass is 348 g/mol. The van der Waals surface area contributed by atoms with Crippen molar-refractivity contribution < 1.29 is 15.0 Å². The minimum atomic E-state index is 0.228. The van der Waals surface area contributed by atoms with Crippen molar-refractivity contribution in [3.63, 3.8) is 0 Å². The molecule has 0 fully saturated rings. The van der Waals surface area contributed by atoms with Gasteiger partial charge < -0.3 is 15.0 Å². The van der Waals surface area contributed by atoms with Gasteiger partial charge in [0, 0.05) is 6.42 Å². The van der Waals surface area contributed by atoms with Crippen LogP contribution in [0, 0.1) is 0 Å². The van der Waals surface area contributed by atoms with Gasteiger partial charge in [-0.05, 0) is 49.9 Å². The molecule has 0 aliphatic rings. The number of aryl methyl sites for hydroxylation is 1. The molecule has 2 N–H and O–H groups in total. The fourth-order valence-corrected chi connectivity index (χ4v) is 3.23. The fourth-order valence-electron chi connectivity index (χ4n) is 3.23. The zero-order valence-electron chi connectivity index (χ0n) is 15.9. The summed E-state index contributed by atoms with van der Waals surface area (Å²) in [6, 6.07) is 4.74. The van der Waals surface area contributed by atoms with E-state index in [-0.39, 0.29) is 5.75 Å². The number of phenolic OH excluding ortho intramolecular Hbond substituents is 2. The second-order valence-electron chi connectivity index (χ2n) is 7.26. The summed E-state index contributed by atoms with van der Waals surface area (Å²) in [4.78, 5) is 10.8. The third kappa shape index (κ3) is 11.6. The first kappa shape index (κ1) is 21.5. The molecule has 1 aromatic rings. The lowest BCUT2D eigenvalue weighted by Crippen LogP contribution is -1.89. The van der Waals surface area contributed by atoms with Crippen LogP contribution in [0.1, 0.15) is 96.0 Å². The average molecular weight is 349 g/mol. The van der Waals surface area contributed by atoms with Crippen LogP contribution >= 0.6 is 0 Å². The Balaban J connectivity index is 1.84. The number of carbonyl (C=O) groups excluding carboxylic acids is 1. The predicted molar refractivity (Wildman–Crippen MR) is 104 cm³/mol. The van der Waals surface area contributed by atoms with Gasteiger partial charge in [-0.1, -0.05) is 64.2 Å². The molecular weight excluding hydrogens is 312 g/mol. The molecule has 0 aliphatic carbocycles. The van der Waals surface area contributed by atoms with Gasteiger partial charge in [0.15, 0.2) is 0 Å². The molecule has 3 heteroatoms. The molecule has 0 aliphatic heterocycles. The van der Waals surface area contributed by atoms with E-state index in [1.807, 2.05) is 0 Å². The molecule has 1 aromatic carbocycles. The van der Waals surface area contributed by atoms with Crippen molar-refractivity contribution in [3.8, 4) is 11.5 Å². The summed E-state index contributed by atoms with van der Waals surface area (Å²) in [5, 5.41) is 19.2. The van der Waals surface area contributed by atoms with Gasteiger partial charge in [0.1, 0.15) is 17.3 Å². The van der Waals surface area contributed by atoms with E-state index in [2.05, 4.69) is 0 Å². The lowest BCUT2D eigenvalue weighted by Gasteiger charge is -2.05. The molecule has 3 nitrogen and oxygen atoms in total. The molecule has 1 rings (SSSR count). The highest BCUT2D eigenvalue weighted by atomic mass is 16.3. The Labute approximate surface area is 153 Å². The summed E-state index contributed by atoms with van der Waals surface area (Å²) >= 11 is 0. The molecule has 25 heavy (non-hydrogen) atoms. The first-order valence-corrected chi connectivity index (χ1v) is 10.1. The van der Waals surface area contributed by atoms with E-state index in [9.17, 15) is 15.0 Å². The summed E-state index contributed by atoms with van der Waals surface area (Å²) in [6.45, 7) is 1.68. The van der Waals surface area contributed by atoms with Gasteiger partial charge in [-0.15, -0.1) is 0 Å². The second kappa shape index (κ2) is 13.7. The van der Waals surface area contributed by atoms with E-state index < -0.39 is 0 Å². The predicted octanol–water partition coefficient (Wildman–Crippen LogP) is 6.30. The smallest absolute Gasteiger partial charge is 0.129 e. The van der Waals surface area contributed by atoms with Crippen molar-refractivity contribution in [1.82, 2.24) is 0 Å². The van der Waals surface area contributed by atoms with Gasteiger partial charge >= 0.3 is 0 Å². The van der Waals surface area contributed by atoms with Gasteiger partial charge in [-0.2, -0.15) is 0 Å². The van der Waals surface area contributed by atoms with Crippen molar-refractivity contribution in [3.05, 3.63) is 23.8 Å². The number of rotatable bonds is 15. The van der Waals surface area contributed by atoms with Crippen LogP contribution in [0.4, 0.5) is 0 Å². The van der Waals surface area contributed by atoms with Crippen LogP contribution < -0.4 is 0 Å². The number of hydrogen-bond donors (Lipinski definition) is 2. The molecule has 142 valence electrons. The van der Waals surface area contributed by atoms with E-state index >= 15 is 0 Å². The highest BCUT2D eigenvalue weighted by Gasteiger charge is 2.02. The summed E-state index contributed by atoms with van der Waals surface area (Å²) in [7, 11) is 0. The number of carbonyl (C=O) groups is 1. The van der Waals surface area contributed by atoms with Gasteiger partial charge in [0.25, 0.3) is 0 Å². The van der Waals surface area contributed by atoms with Crippen LogP contribution in [0.15, 0.2) is 18.2 Å². The Morgan fingerprint density at radius 1 is 0.760 bits per heavy atom. The number of Topliss-reactive ketones (excluding diaryl/α,β-unsaturated/α-hetero) is 1. The van der Waals surface area contributed by atoms with E-state index in [0.29, 0.717) is 11.5 Å². The van der Waals surface area contributed by atoms with Crippen LogP contribution in [0.25, 0.3) is 0 Å². The molecular formula is C22H36O3. The minimum absolute atomic E-state index is 0.228. The summed E-state index contributed by atoms with van der Waals surface area (Å²) in [5.74, 6) is 0.837. The molecule has 0 bridgehead atoms. The van der Waals surface area contributed by atoms with Crippen molar-refractivity contribution >= 4 is 5.78 Å². The highest BCUT2D eigenvalue weighted by molar-refractivity contribution is 5.75. The normalized spacial score (nSPS) is 10.9. The number of aromatic hydroxyl groups is 2. The van der Waals surface area contributed by atoms with Crippen LogP contribution in [-0.4, -0.2) is 16.0 Å². The second-order valence-corrected chi connectivity index (χ2v) is 7.26. The summed E-state index contributed by atoms with van der Waals surface area (Å²) in [6.07, 6.45) is 16.6. The number of hydrogen-bond acceptors (Lipinski definition) is 3. The van der Waals surface area contributed by atoms with Crippen LogP contribution in [0.5, 0.6) is 11.5 Å². The third-order valence-corrected chi connectivity index (χ3v) is 4.79. The van der Waals surface area contributed by atoms with E-state index in [1.165, 1.54) is 70.3 Å². The Bertz CT molecular complexity index is 482. The SMILES string of the molecule is CC(=O)CCCCCCCCCCCCCCc1cc(O)ccc1O. The van der Waals surface area contributed by atoms with Crippen LogP contribution in [-0.2, 0) is 11.2 Å². The van der Waals surface area contributed by atoms with Crippen molar-refractivity contribution in [1.29, 1.82) is 0 Å². The topological polar surface area (TPSA) is 57.5 Å². The number of unbranched alkanes of at least 4 members (excludes halogenated alkanes) is 11. The highest BCUT2D eigenvalue weighted by Crippen LogP contribution is 2.24. The number of phenols is 2. The van der Waals surface area contributed by atoms with E-state index in [4.69, 9.17) is 0 Å². The van der Waals surface area contributed by atoms with Crippen molar-refractivity contribution in [2.45, 2.75) is 96.8 Å². The Kier molecular flexibility index (Phi) is 11.8. The molecule has 0 unspecified atom stereocenters. The quantitative estimate of drug-likeness (QED) is 0.289. The average Bonchev–Trinajstić information content (AvgIpc) is 2.57. The number of ketones is 1. The Morgan fingerprint density at radius 3 is 1.76 bits per heavy atom. The number of benzene rings is 1. The summed E-state index contributed by atoms with van der Waals surface area (Å²) in [5.41, 5.74) is 0.850. The van der Waals surface area contributed by atoms with E-state index in [1.54, 1.807) is 19.1 Å². The maximum atomic E-state index is 10.8. The van der Waals surface area contributed by atoms with Gasteiger partial charge in [-0.3, -0.25) is 0 Å². The zero-order chi connectivity index (χ0) is 18.3. The van der Waals surface area contributed by atoms with Crippen molar-refractivity contribution in [2.24, 2.45) is 0 Å². The first-order chi connectivity index (χ1) is 12.1. The van der Waals surface area contributed by atoms with E-state index in [0.717, 1.165) is 31.2 Å². The van der Waals surface area contributed by atoms with Crippen LogP contribution in [0.3, 0.4) is 0 Å². The molecule has 0 heterocycles. The maximum absolute atomic E-state index is 10.8. The summed E-state index contributed by atoms with van der Waals surface area (Å²) < 4.78 is 0. The zero-order valence-corrected chi connectivity index (χ0v) is 15.9. The molecule has 0 saturated heterocycles. The molecule has 0 radical (unpaired) electrons. The van der Waals surface area contributed by atoms with Crippen LogP contribution in [0.2, 0.25) is 0 Å². The van der Waals surface area contributed by atoms with Gasteiger partial charge in [-0.25, -0.2) is 0 Å². The largest absolute Gasteiger partial charge is 0.508 e. The molecule has 0 atom stereocenters. The maximum Gasteiger partial charge on any atom is 0.129 e. The van der Waals surface area contributed by atoms with Gasteiger partial charge in [0.2, 0.25) is 0 Å². The molecule has 0 saturated carbocycles. The first-order valence-electron chi connectivity index (χ1n) is 10.1. The molecule has 0 aromatic heterocycles. The molecule has 0 spiro atoms. The third-order valence-electron chi connectivity index (χ3n) is 4.79. The van der Waals surface area contributed by atoms with Crippen molar-refractivity contribution in [2.75, 3.05) is 0 Å². The fraction of sp³-hybridized carbons (Fsp3) is 0.682. The molecule has 0 amide bonds. The van der Waals surface area contributed by atoms with Gasteiger partial charge in [0.05, 0.1) is 0 Å².